The Balaban J connectivity index is 1.90. The molecule has 0 fully saturated rings. The van der Waals surface area contributed by atoms with Crippen LogP contribution in [0.2, 0.25) is 0 Å². The highest BCUT2D eigenvalue weighted by Crippen LogP contribution is 2.46. The first-order chi connectivity index (χ1) is 15.2. The molecular formula is C25H27NO6. The highest BCUT2D eigenvalue weighted by atomic mass is 16.6. The van der Waals surface area contributed by atoms with Gasteiger partial charge in [0.05, 0.1) is 29.7 Å². The summed E-state index contributed by atoms with van der Waals surface area (Å²) >= 11 is 0. The van der Waals surface area contributed by atoms with Gasteiger partial charge in [0.1, 0.15) is 12.2 Å². The van der Waals surface area contributed by atoms with Crippen molar-refractivity contribution in [2.75, 3.05) is 20.3 Å². The van der Waals surface area contributed by atoms with Gasteiger partial charge in [-0.25, -0.2) is 4.79 Å². The maximum atomic E-state index is 13.5. The SMILES string of the molecule is COCCOC(=O)C1=C(C)NC2=C(C(=O)CC(C)(C)C2)[C@@H]1c1coc2ccccc2c1=O. The van der Waals surface area contributed by atoms with Crippen LogP contribution in [0.5, 0.6) is 0 Å². The minimum absolute atomic E-state index is 0.0675. The molecule has 0 amide bonds. The quantitative estimate of drug-likeness (QED) is 0.564. The minimum Gasteiger partial charge on any atom is -0.464 e. The molecule has 1 aliphatic heterocycles. The topological polar surface area (TPSA) is 94.8 Å². The second-order valence-corrected chi connectivity index (χ2v) is 9.07. The molecule has 0 radical (unpaired) electrons. The average molecular weight is 437 g/mol. The molecule has 4 rings (SSSR count). The number of carbonyl (C=O) groups excluding carboxylic acids is 2. The van der Waals surface area contributed by atoms with Crippen LogP contribution >= 0.6 is 0 Å². The molecule has 1 aliphatic carbocycles. The van der Waals surface area contributed by atoms with Crippen LogP contribution in [0.15, 0.2) is 62.3 Å². The van der Waals surface area contributed by atoms with E-state index in [0.717, 1.165) is 5.70 Å². The Kier molecular flexibility index (Phi) is 5.77. The number of ether oxygens (including phenoxy) is 2. The molecule has 1 N–H and O–H groups in total. The van der Waals surface area contributed by atoms with Crippen LogP contribution in [0.4, 0.5) is 0 Å². The summed E-state index contributed by atoms with van der Waals surface area (Å²) < 4.78 is 16.1. The molecule has 2 heterocycles. The van der Waals surface area contributed by atoms with Crippen molar-refractivity contribution in [1.82, 2.24) is 5.32 Å². The molecule has 0 bridgehead atoms. The predicted molar refractivity (Wildman–Crippen MR) is 119 cm³/mol. The number of allylic oxidation sites excluding steroid dienone is 3. The molecule has 0 spiro atoms. The zero-order valence-corrected chi connectivity index (χ0v) is 18.7. The molecule has 32 heavy (non-hydrogen) atoms. The van der Waals surface area contributed by atoms with E-state index < -0.39 is 11.9 Å². The van der Waals surface area contributed by atoms with Crippen LogP contribution in [-0.2, 0) is 19.1 Å². The van der Waals surface area contributed by atoms with Gasteiger partial charge in [0.2, 0.25) is 0 Å². The summed E-state index contributed by atoms with van der Waals surface area (Å²) in [7, 11) is 1.52. The lowest BCUT2D eigenvalue weighted by molar-refractivity contribution is -0.140. The summed E-state index contributed by atoms with van der Waals surface area (Å²) in [6.45, 7) is 6.14. The fourth-order valence-electron chi connectivity index (χ4n) is 4.61. The molecule has 1 aromatic heterocycles. The summed E-state index contributed by atoms with van der Waals surface area (Å²) in [5.41, 5.74) is 2.21. The van der Waals surface area contributed by atoms with E-state index in [0.29, 0.717) is 35.1 Å². The smallest absolute Gasteiger partial charge is 0.336 e. The highest BCUT2D eigenvalue weighted by molar-refractivity contribution is 6.04. The van der Waals surface area contributed by atoms with Crippen molar-refractivity contribution < 1.29 is 23.5 Å². The van der Waals surface area contributed by atoms with Crippen LogP contribution in [-0.4, -0.2) is 32.1 Å². The number of fused-ring (bicyclic) bond motifs is 1. The van der Waals surface area contributed by atoms with Crippen molar-refractivity contribution in [3.8, 4) is 0 Å². The van der Waals surface area contributed by atoms with E-state index in [-0.39, 0.29) is 41.0 Å². The first-order valence-electron chi connectivity index (χ1n) is 10.6. The molecule has 2 aliphatic rings. The van der Waals surface area contributed by atoms with E-state index in [1.807, 2.05) is 13.8 Å². The monoisotopic (exact) mass is 437 g/mol. The van der Waals surface area contributed by atoms with Gasteiger partial charge in [0.15, 0.2) is 11.2 Å². The molecule has 0 unspecified atom stereocenters. The minimum atomic E-state index is -0.856. The Labute approximate surface area is 186 Å². The van der Waals surface area contributed by atoms with Gasteiger partial charge in [0, 0.05) is 36.1 Å². The lowest BCUT2D eigenvalue weighted by atomic mass is 9.68. The van der Waals surface area contributed by atoms with Crippen LogP contribution in [0, 0.1) is 5.41 Å². The van der Waals surface area contributed by atoms with E-state index in [9.17, 15) is 14.4 Å². The third kappa shape index (κ3) is 3.88. The first kappa shape index (κ1) is 22.0. The maximum absolute atomic E-state index is 13.5. The second kappa shape index (κ2) is 8.39. The Morgan fingerprint density at radius 3 is 2.69 bits per heavy atom. The van der Waals surface area contributed by atoms with Crippen molar-refractivity contribution in [1.29, 1.82) is 0 Å². The van der Waals surface area contributed by atoms with Gasteiger partial charge in [-0.2, -0.15) is 0 Å². The van der Waals surface area contributed by atoms with Crippen molar-refractivity contribution in [3.05, 3.63) is 68.9 Å². The van der Waals surface area contributed by atoms with Crippen LogP contribution in [0.1, 0.15) is 45.1 Å². The zero-order chi connectivity index (χ0) is 23.0. The highest BCUT2D eigenvalue weighted by Gasteiger charge is 2.44. The molecule has 168 valence electrons. The number of nitrogens with one attached hydrogen (secondary N) is 1. The number of methoxy groups -OCH3 is 1. The fourth-order valence-corrected chi connectivity index (χ4v) is 4.61. The average Bonchev–Trinajstić information content (AvgIpc) is 2.72. The number of benzene rings is 1. The number of Topliss-reactive ketones (excluding diaryl/α,β-unsaturated/α-hetero) is 1. The molecule has 2 aromatic rings. The van der Waals surface area contributed by atoms with E-state index in [1.54, 1.807) is 31.2 Å². The van der Waals surface area contributed by atoms with Gasteiger partial charge < -0.3 is 19.2 Å². The summed E-state index contributed by atoms with van der Waals surface area (Å²) in [4.78, 5) is 39.9. The van der Waals surface area contributed by atoms with E-state index >= 15 is 0 Å². The number of para-hydroxylation sites is 1. The Hall–Kier alpha value is -3.19. The molecule has 1 atom stereocenters. The van der Waals surface area contributed by atoms with Gasteiger partial charge in [-0.15, -0.1) is 0 Å². The number of carbonyl (C=O) groups is 2. The molecule has 7 heteroatoms. The third-order valence-electron chi connectivity index (χ3n) is 6.00. The Bertz CT molecular complexity index is 1220. The van der Waals surface area contributed by atoms with Gasteiger partial charge in [-0.1, -0.05) is 26.0 Å². The number of hydrogen-bond acceptors (Lipinski definition) is 7. The third-order valence-corrected chi connectivity index (χ3v) is 6.00. The summed E-state index contributed by atoms with van der Waals surface area (Å²) in [5.74, 6) is -1.53. The van der Waals surface area contributed by atoms with Gasteiger partial charge in [-0.05, 0) is 30.9 Å². The zero-order valence-electron chi connectivity index (χ0n) is 18.7. The number of hydrogen-bond donors (Lipinski definition) is 1. The number of esters is 1. The van der Waals surface area contributed by atoms with E-state index in [4.69, 9.17) is 13.9 Å². The lowest BCUT2D eigenvalue weighted by Gasteiger charge is -2.39. The van der Waals surface area contributed by atoms with Crippen LogP contribution in [0.3, 0.4) is 0 Å². The summed E-state index contributed by atoms with van der Waals surface area (Å²) in [6, 6.07) is 6.93. The van der Waals surface area contributed by atoms with E-state index in [1.165, 1.54) is 13.4 Å². The molecule has 0 saturated carbocycles. The lowest BCUT2D eigenvalue weighted by Crippen LogP contribution is -2.39. The second-order valence-electron chi connectivity index (χ2n) is 9.07. The largest absolute Gasteiger partial charge is 0.464 e. The van der Waals surface area contributed by atoms with Crippen molar-refractivity contribution in [2.24, 2.45) is 5.41 Å². The van der Waals surface area contributed by atoms with Gasteiger partial charge in [0.25, 0.3) is 0 Å². The maximum Gasteiger partial charge on any atom is 0.336 e. The number of ketones is 1. The Morgan fingerprint density at radius 2 is 1.94 bits per heavy atom. The van der Waals surface area contributed by atoms with Gasteiger partial charge in [-0.3, -0.25) is 9.59 Å². The fraction of sp³-hybridized carbons (Fsp3) is 0.400. The Morgan fingerprint density at radius 1 is 1.19 bits per heavy atom. The number of rotatable bonds is 5. The molecule has 0 saturated heterocycles. The van der Waals surface area contributed by atoms with Crippen molar-refractivity contribution in [3.63, 3.8) is 0 Å². The predicted octanol–water partition coefficient (Wildman–Crippen LogP) is 3.59. The van der Waals surface area contributed by atoms with Crippen LogP contribution in [0.25, 0.3) is 11.0 Å². The number of dihydropyridines is 1. The molecule has 7 nitrogen and oxygen atoms in total. The summed E-state index contributed by atoms with van der Waals surface area (Å²) in [6.07, 6.45) is 2.33. The normalized spacial score (nSPS) is 20.2. The van der Waals surface area contributed by atoms with Crippen molar-refractivity contribution in [2.45, 2.75) is 39.5 Å². The van der Waals surface area contributed by atoms with Gasteiger partial charge >= 0.3 is 5.97 Å². The van der Waals surface area contributed by atoms with Crippen molar-refractivity contribution >= 4 is 22.7 Å². The molecule has 1 aromatic carbocycles. The van der Waals surface area contributed by atoms with E-state index in [2.05, 4.69) is 5.32 Å². The van der Waals surface area contributed by atoms with Crippen LogP contribution < -0.4 is 10.7 Å². The molecular weight excluding hydrogens is 410 g/mol. The first-order valence-corrected chi connectivity index (χ1v) is 10.6. The summed E-state index contributed by atoms with van der Waals surface area (Å²) in [5, 5.41) is 3.66. The standard InChI is InChI=1S/C25H27NO6/c1-14-20(24(29)31-10-9-30-4)21(22-17(26-14)11-25(2,3)12-18(22)27)16-13-32-19-8-6-5-7-15(19)23(16)28/h5-8,13,21,26H,9-12H2,1-4H3/t21-/m1/s1.